The number of carbonyl (C=O) groups excluding carboxylic acids is 2. The van der Waals surface area contributed by atoms with Gasteiger partial charge in [-0.1, -0.05) is 30.9 Å². The molecule has 1 aliphatic heterocycles. The van der Waals surface area contributed by atoms with E-state index in [1.165, 1.54) is 30.6 Å². The van der Waals surface area contributed by atoms with Gasteiger partial charge in [-0.2, -0.15) is 0 Å². The molecule has 1 aromatic heterocycles. The van der Waals surface area contributed by atoms with E-state index in [9.17, 15) is 9.59 Å². The molecule has 0 aromatic carbocycles. The van der Waals surface area contributed by atoms with Crippen LogP contribution in [0.5, 0.6) is 0 Å². The number of carbonyl (C=O) groups is 2. The van der Waals surface area contributed by atoms with Crippen molar-refractivity contribution < 1.29 is 9.59 Å². The molecule has 0 spiro atoms. The Morgan fingerprint density at radius 2 is 1.75 bits per heavy atom. The highest BCUT2D eigenvalue weighted by molar-refractivity contribution is 7.16. The van der Waals surface area contributed by atoms with E-state index in [4.69, 9.17) is 11.6 Å². The van der Waals surface area contributed by atoms with Crippen LogP contribution in [-0.4, -0.2) is 47.9 Å². The number of hydrogen-bond donors (Lipinski definition) is 1. The van der Waals surface area contributed by atoms with Crippen LogP contribution >= 0.6 is 22.9 Å². The summed E-state index contributed by atoms with van der Waals surface area (Å²) >= 11 is 7.37. The van der Waals surface area contributed by atoms with Crippen LogP contribution < -0.4 is 5.32 Å². The summed E-state index contributed by atoms with van der Waals surface area (Å²) in [5.74, 6) is 0.505. The fraction of sp³-hybridized carbons (Fsp3) is 0.647. The fourth-order valence-corrected chi connectivity index (χ4v) is 4.49. The summed E-state index contributed by atoms with van der Waals surface area (Å²) in [5, 5.41) is 2.92. The molecule has 2 heterocycles. The van der Waals surface area contributed by atoms with Crippen LogP contribution in [0.25, 0.3) is 0 Å². The summed E-state index contributed by atoms with van der Waals surface area (Å²) in [6.07, 6.45) is 5.66. The summed E-state index contributed by atoms with van der Waals surface area (Å²) in [4.78, 5) is 29.6. The molecular weight excluding hydrogens is 346 g/mol. The maximum atomic E-state index is 12.5. The predicted octanol–water partition coefficient (Wildman–Crippen LogP) is 3.34. The van der Waals surface area contributed by atoms with Crippen molar-refractivity contribution in [3.63, 3.8) is 0 Å². The molecule has 24 heavy (non-hydrogen) atoms. The third kappa shape index (κ3) is 4.42. The van der Waals surface area contributed by atoms with E-state index in [0.29, 0.717) is 38.6 Å². The highest BCUT2D eigenvalue weighted by Gasteiger charge is 2.29. The van der Waals surface area contributed by atoms with Gasteiger partial charge in [0.1, 0.15) is 0 Å². The minimum atomic E-state index is -0.0655. The van der Waals surface area contributed by atoms with Crippen molar-refractivity contribution in [3.8, 4) is 0 Å². The van der Waals surface area contributed by atoms with E-state index >= 15 is 0 Å². The van der Waals surface area contributed by atoms with Crippen LogP contribution in [0, 0.1) is 5.92 Å². The molecule has 0 atom stereocenters. The molecule has 1 aliphatic carbocycles. The molecule has 1 N–H and O–H groups in total. The molecule has 3 amide bonds. The van der Waals surface area contributed by atoms with Gasteiger partial charge in [0.15, 0.2) is 0 Å². The van der Waals surface area contributed by atoms with E-state index in [-0.39, 0.29) is 11.9 Å². The Balaban J connectivity index is 1.42. The summed E-state index contributed by atoms with van der Waals surface area (Å²) < 4.78 is 0.731. The Labute approximate surface area is 152 Å². The lowest BCUT2D eigenvalue weighted by Gasteiger charge is -2.37. The Bertz CT molecular complexity index is 578. The SMILES string of the molecule is O=C(NCc1ccc(Cl)s1)N1CCN(C(=O)C2CCCCC2)CC1. The molecule has 7 heteroatoms. The molecule has 1 aromatic rings. The molecule has 2 aliphatic rings. The van der Waals surface area contributed by atoms with E-state index in [1.807, 2.05) is 17.0 Å². The molecule has 0 radical (unpaired) electrons. The quantitative estimate of drug-likeness (QED) is 0.888. The Morgan fingerprint density at radius 3 is 2.38 bits per heavy atom. The number of amides is 3. The van der Waals surface area contributed by atoms with Gasteiger partial charge < -0.3 is 15.1 Å². The lowest BCUT2D eigenvalue weighted by atomic mass is 9.88. The monoisotopic (exact) mass is 369 g/mol. The summed E-state index contributed by atoms with van der Waals surface area (Å²) in [5.41, 5.74) is 0. The normalized spacial score (nSPS) is 19.4. The van der Waals surface area contributed by atoms with Crippen molar-refractivity contribution in [2.24, 2.45) is 5.92 Å². The van der Waals surface area contributed by atoms with Crippen LogP contribution in [0.2, 0.25) is 4.34 Å². The van der Waals surface area contributed by atoms with Crippen LogP contribution in [0.4, 0.5) is 4.79 Å². The largest absolute Gasteiger partial charge is 0.339 e. The highest BCUT2D eigenvalue weighted by Crippen LogP contribution is 2.26. The standard InChI is InChI=1S/C17H24ClN3O2S/c18-15-7-6-14(24-15)12-19-17(23)21-10-8-20(9-11-21)16(22)13-4-2-1-3-5-13/h6-7,13H,1-5,8-12H2,(H,19,23). The van der Waals surface area contributed by atoms with Gasteiger partial charge in [0.05, 0.1) is 10.9 Å². The van der Waals surface area contributed by atoms with Crippen molar-refractivity contribution in [2.75, 3.05) is 26.2 Å². The predicted molar refractivity (Wildman–Crippen MR) is 96.3 cm³/mol. The summed E-state index contributed by atoms with van der Waals surface area (Å²) in [7, 11) is 0. The van der Waals surface area contributed by atoms with E-state index in [1.54, 1.807) is 4.90 Å². The first-order chi connectivity index (χ1) is 11.6. The van der Waals surface area contributed by atoms with Gasteiger partial charge in [0, 0.05) is 37.0 Å². The molecular formula is C17H24ClN3O2S. The van der Waals surface area contributed by atoms with Gasteiger partial charge in [-0.25, -0.2) is 4.79 Å². The number of urea groups is 1. The highest BCUT2D eigenvalue weighted by atomic mass is 35.5. The number of halogens is 1. The number of hydrogen-bond acceptors (Lipinski definition) is 3. The van der Waals surface area contributed by atoms with Gasteiger partial charge >= 0.3 is 6.03 Å². The van der Waals surface area contributed by atoms with Crippen molar-refractivity contribution in [2.45, 2.75) is 38.6 Å². The molecule has 1 saturated heterocycles. The molecule has 2 fully saturated rings. The Kier molecular flexibility index (Phi) is 6.00. The number of thiophene rings is 1. The second-order valence-corrected chi connectivity index (χ2v) is 8.31. The maximum absolute atomic E-state index is 12.5. The number of nitrogens with one attached hydrogen (secondary N) is 1. The van der Waals surface area contributed by atoms with Crippen molar-refractivity contribution in [1.82, 2.24) is 15.1 Å². The lowest BCUT2D eigenvalue weighted by Crippen LogP contribution is -2.54. The first-order valence-corrected chi connectivity index (χ1v) is 9.89. The van der Waals surface area contributed by atoms with E-state index < -0.39 is 0 Å². The minimum Gasteiger partial charge on any atom is -0.339 e. The fourth-order valence-electron chi connectivity index (χ4n) is 3.46. The molecule has 3 rings (SSSR count). The minimum absolute atomic E-state index is 0.0655. The molecule has 1 saturated carbocycles. The van der Waals surface area contributed by atoms with Crippen molar-refractivity contribution in [3.05, 3.63) is 21.3 Å². The molecule has 0 bridgehead atoms. The zero-order valence-electron chi connectivity index (χ0n) is 13.8. The van der Waals surface area contributed by atoms with E-state index in [2.05, 4.69) is 5.32 Å². The summed E-state index contributed by atoms with van der Waals surface area (Å²) in [6, 6.07) is 3.70. The number of rotatable bonds is 3. The average molecular weight is 370 g/mol. The zero-order chi connectivity index (χ0) is 16.9. The smallest absolute Gasteiger partial charge is 0.317 e. The molecule has 0 unspecified atom stereocenters. The molecule has 132 valence electrons. The van der Waals surface area contributed by atoms with Crippen molar-refractivity contribution in [1.29, 1.82) is 0 Å². The lowest BCUT2D eigenvalue weighted by molar-refractivity contribution is -0.138. The maximum Gasteiger partial charge on any atom is 0.317 e. The van der Waals surface area contributed by atoms with Crippen LogP contribution in [0.1, 0.15) is 37.0 Å². The number of nitrogens with zero attached hydrogens (tertiary/aromatic N) is 2. The van der Waals surface area contributed by atoms with Crippen molar-refractivity contribution >= 4 is 34.9 Å². The second-order valence-electron chi connectivity index (χ2n) is 6.51. The van der Waals surface area contributed by atoms with Crippen LogP contribution in [-0.2, 0) is 11.3 Å². The number of piperazine rings is 1. The van der Waals surface area contributed by atoms with E-state index in [0.717, 1.165) is 22.1 Å². The average Bonchev–Trinajstić information content (AvgIpc) is 3.05. The zero-order valence-corrected chi connectivity index (χ0v) is 15.4. The third-order valence-electron chi connectivity index (χ3n) is 4.88. The molecule has 5 nitrogen and oxygen atoms in total. The Hall–Kier alpha value is -1.27. The topological polar surface area (TPSA) is 52.7 Å². The van der Waals surface area contributed by atoms with Gasteiger partial charge in [-0.3, -0.25) is 4.79 Å². The third-order valence-corrected chi connectivity index (χ3v) is 6.11. The first-order valence-electron chi connectivity index (χ1n) is 8.69. The van der Waals surface area contributed by atoms with Gasteiger partial charge in [-0.05, 0) is 25.0 Å². The first kappa shape index (κ1) is 17.5. The van der Waals surface area contributed by atoms with Gasteiger partial charge in [0.25, 0.3) is 0 Å². The summed E-state index contributed by atoms with van der Waals surface area (Å²) in [6.45, 7) is 3.00. The Morgan fingerprint density at radius 1 is 1.08 bits per heavy atom. The van der Waals surface area contributed by atoms with Crippen LogP contribution in [0.15, 0.2) is 12.1 Å². The second kappa shape index (κ2) is 8.21. The van der Waals surface area contributed by atoms with Crippen LogP contribution in [0.3, 0.4) is 0 Å². The van der Waals surface area contributed by atoms with Gasteiger partial charge in [-0.15, -0.1) is 11.3 Å². The van der Waals surface area contributed by atoms with Gasteiger partial charge in [0.2, 0.25) is 5.91 Å².